The average molecular weight is 360 g/mol. The van der Waals surface area contributed by atoms with Crippen LogP contribution < -0.4 is 4.74 Å². The van der Waals surface area contributed by atoms with E-state index in [1.54, 1.807) is 6.07 Å². The molecule has 0 spiro atoms. The van der Waals surface area contributed by atoms with Gasteiger partial charge in [-0.25, -0.2) is 8.78 Å². The zero-order valence-electron chi connectivity index (χ0n) is 12.2. The summed E-state index contributed by atoms with van der Waals surface area (Å²) in [5, 5.41) is 0.310. The van der Waals surface area contributed by atoms with Crippen LogP contribution >= 0.6 is 23.2 Å². The van der Waals surface area contributed by atoms with Crippen LogP contribution in [0.5, 0.6) is 5.75 Å². The van der Waals surface area contributed by atoms with Crippen LogP contribution in [0.25, 0.3) is 0 Å². The van der Waals surface area contributed by atoms with Gasteiger partial charge in [-0.1, -0.05) is 29.3 Å². The van der Waals surface area contributed by atoms with Crippen molar-refractivity contribution in [1.29, 1.82) is 0 Å². The maximum absolute atomic E-state index is 13.7. The second kappa shape index (κ2) is 7.62. The molecule has 0 aromatic heterocycles. The lowest BCUT2D eigenvalue weighted by atomic mass is 10.2. The minimum atomic E-state index is -0.500. The molecule has 0 heterocycles. The van der Waals surface area contributed by atoms with E-state index in [1.807, 2.05) is 0 Å². The topological polar surface area (TPSA) is 29.5 Å². The average Bonchev–Trinajstić information content (AvgIpc) is 2.49. The van der Waals surface area contributed by atoms with Gasteiger partial charge < -0.3 is 9.64 Å². The first-order valence-electron chi connectivity index (χ1n) is 6.63. The van der Waals surface area contributed by atoms with E-state index < -0.39 is 17.5 Å². The Kier molecular flexibility index (Phi) is 5.80. The van der Waals surface area contributed by atoms with Crippen LogP contribution in [0.1, 0.15) is 5.56 Å². The molecule has 0 aliphatic rings. The molecular formula is C16H13Cl2F2NO2. The highest BCUT2D eigenvalue weighted by Gasteiger charge is 2.15. The molecular weight excluding hydrogens is 347 g/mol. The van der Waals surface area contributed by atoms with Crippen LogP contribution in [-0.2, 0) is 11.3 Å². The Hall–Kier alpha value is -1.85. The molecule has 2 rings (SSSR count). The van der Waals surface area contributed by atoms with E-state index in [-0.39, 0.29) is 34.5 Å². The molecule has 0 atom stereocenters. The minimum absolute atomic E-state index is 0.00481. The first-order chi connectivity index (χ1) is 10.9. The van der Waals surface area contributed by atoms with Crippen molar-refractivity contribution in [1.82, 2.24) is 4.90 Å². The van der Waals surface area contributed by atoms with Gasteiger partial charge in [-0.15, -0.1) is 0 Å². The number of nitrogens with zero attached hydrogens (tertiary/aromatic N) is 1. The van der Waals surface area contributed by atoms with E-state index in [1.165, 1.54) is 36.2 Å². The number of likely N-dealkylation sites (N-methyl/N-ethyl adjacent to an activating group) is 1. The largest absolute Gasteiger partial charge is 0.482 e. The van der Waals surface area contributed by atoms with Crippen LogP contribution in [0.15, 0.2) is 36.4 Å². The molecule has 0 aliphatic heterocycles. The van der Waals surface area contributed by atoms with Crippen molar-refractivity contribution in [3.8, 4) is 5.75 Å². The second-order valence-electron chi connectivity index (χ2n) is 4.81. The Morgan fingerprint density at radius 1 is 1.17 bits per heavy atom. The highest BCUT2D eigenvalue weighted by Crippen LogP contribution is 2.25. The fraction of sp³-hybridized carbons (Fsp3) is 0.188. The number of hydrogen-bond donors (Lipinski definition) is 0. The summed E-state index contributed by atoms with van der Waals surface area (Å²) in [6.07, 6.45) is 0. The Morgan fingerprint density at radius 2 is 1.91 bits per heavy atom. The molecule has 3 nitrogen and oxygen atoms in total. The lowest BCUT2D eigenvalue weighted by Crippen LogP contribution is -2.31. The third kappa shape index (κ3) is 4.56. The van der Waals surface area contributed by atoms with Gasteiger partial charge in [-0.2, -0.15) is 0 Å². The Labute approximate surface area is 142 Å². The van der Waals surface area contributed by atoms with Gasteiger partial charge in [0.2, 0.25) is 0 Å². The summed E-state index contributed by atoms with van der Waals surface area (Å²) in [6, 6.07) is 7.90. The predicted molar refractivity (Wildman–Crippen MR) is 84.8 cm³/mol. The van der Waals surface area contributed by atoms with Crippen LogP contribution in [0.4, 0.5) is 8.78 Å². The highest BCUT2D eigenvalue weighted by atomic mass is 35.5. The van der Waals surface area contributed by atoms with Crippen molar-refractivity contribution in [2.45, 2.75) is 6.54 Å². The molecule has 0 saturated carbocycles. The number of benzene rings is 2. The van der Waals surface area contributed by atoms with Gasteiger partial charge in [0.05, 0.1) is 5.02 Å². The molecule has 0 radical (unpaired) electrons. The van der Waals surface area contributed by atoms with Gasteiger partial charge in [0.1, 0.15) is 17.4 Å². The number of carbonyl (C=O) groups is 1. The fourth-order valence-electron chi connectivity index (χ4n) is 1.85. The van der Waals surface area contributed by atoms with Crippen molar-refractivity contribution in [2.24, 2.45) is 0 Å². The Bertz CT molecular complexity index is 705. The van der Waals surface area contributed by atoms with Crippen LogP contribution in [-0.4, -0.2) is 24.5 Å². The lowest BCUT2D eigenvalue weighted by molar-refractivity contribution is -0.132. The van der Waals surface area contributed by atoms with Gasteiger partial charge in [-0.05, 0) is 30.3 Å². The van der Waals surface area contributed by atoms with E-state index in [0.717, 1.165) is 6.07 Å². The molecule has 7 heteroatoms. The molecule has 0 bridgehead atoms. The second-order valence-corrected chi connectivity index (χ2v) is 5.63. The van der Waals surface area contributed by atoms with Crippen molar-refractivity contribution in [2.75, 3.05) is 13.7 Å². The number of rotatable bonds is 5. The summed E-state index contributed by atoms with van der Waals surface area (Å²) in [5.41, 5.74) is 0.227. The van der Waals surface area contributed by atoms with E-state index in [0.29, 0.717) is 0 Å². The molecule has 2 aromatic carbocycles. The van der Waals surface area contributed by atoms with E-state index in [2.05, 4.69) is 0 Å². The maximum atomic E-state index is 13.7. The normalized spacial score (nSPS) is 10.5. The third-order valence-electron chi connectivity index (χ3n) is 3.13. The fourth-order valence-corrected chi connectivity index (χ4v) is 2.30. The Morgan fingerprint density at radius 3 is 2.57 bits per heavy atom. The smallest absolute Gasteiger partial charge is 0.260 e. The van der Waals surface area contributed by atoms with Gasteiger partial charge in [0.15, 0.2) is 6.61 Å². The summed E-state index contributed by atoms with van der Waals surface area (Å²) in [6.45, 7) is -0.307. The molecule has 1 amide bonds. The monoisotopic (exact) mass is 359 g/mol. The predicted octanol–water partition coefficient (Wildman–Crippen LogP) is 4.31. The van der Waals surface area contributed by atoms with Gasteiger partial charge in [-0.3, -0.25) is 4.79 Å². The zero-order chi connectivity index (χ0) is 17.0. The molecule has 2 aromatic rings. The number of hydrogen-bond acceptors (Lipinski definition) is 2. The molecule has 0 fully saturated rings. The van der Waals surface area contributed by atoms with E-state index in [9.17, 15) is 13.6 Å². The standard InChI is InChI=1S/C16H13Cl2F2NO2/c1-21(8-11-12(17)3-2-4-14(11)20)16(22)9-23-15-6-5-10(19)7-13(15)18/h2-7H,8-9H2,1H3. The lowest BCUT2D eigenvalue weighted by Gasteiger charge is -2.19. The van der Waals surface area contributed by atoms with E-state index in [4.69, 9.17) is 27.9 Å². The Balaban J connectivity index is 1.97. The van der Waals surface area contributed by atoms with Gasteiger partial charge >= 0.3 is 0 Å². The van der Waals surface area contributed by atoms with Gasteiger partial charge in [0.25, 0.3) is 5.91 Å². The molecule has 23 heavy (non-hydrogen) atoms. The summed E-state index contributed by atoms with van der Waals surface area (Å²) in [5.74, 6) is -1.19. The third-order valence-corrected chi connectivity index (χ3v) is 3.78. The number of halogens is 4. The SMILES string of the molecule is CN(Cc1c(F)cccc1Cl)C(=O)COc1ccc(F)cc1Cl. The summed E-state index contributed by atoms with van der Waals surface area (Å²) < 4.78 is 31.9. The quantitative estimate of drug-likeness (QED) is 0.795. The van der Waals surface area contributed by atoms with Crippen molar-refractivity contribution >= 4 is 29.1 Å². The van der Waals surface area contributed by atoms with Crippen molar-refractivity contribution in [3.05, 3.63) is 63.6 Å². The van der Waals surface area contributed by atoms with Gasteiger partial charge in [0, 0.05) is 24.2 Å². The van der Waals surface area contributed by atoms with Crippen molar-refractivity contribution in [3.63, 3.8) is 0 Å². The van der Waals surface area contributed by atoms with E-state index >= 15 is 0 Å². The minimum Gasteiger partial charge on any atom is -0.482 e. The summed E-state index contributed by atoms with van der Waals surface area (Å²) >= 11 is 11.7. The number of ether oxygens (including phenoxy) is 1. The molecule has 0 aliphatic carbocycles. The summed E-state index contributed by atoms with van der Waals surface area (Å²) in [4.78, 5) is 13.3. The first-order valence-corrected chi connectivity index (χ1v) is 7.38. The molecule has 122 valence electrons. The van der Waals surface area contributed by atoms with Crippen LogP contribution in [0, 0.1) is 11.6 Å². The summed E-state index contributed by atoms with van der Waals surface area (Å²) in [7, 11) is 1.50. The molecule has 0 saturated heterocycles. The maximum Gasteiger partial charge on any atom is 0.260 e. The molecule has 0 N–H and O–H groups in total. The highest BCUT2D eigenvalue weighted by molar-refractivity contribution is 6.32. The number of amides is 1. The molecule has 0 unspecified atom stereocenters. The number of carbonyl (C=O) groups excluding carboxylic acids is 1. The van der Waals surface area contributed by atoms with Crippen LogP contribution in [0.2, 0.25) is 10.0 Å². The first kappa shape index (κ1) is 17.5. The zero-order valence-corrected chi connectivity index (χ0v) is 13.7. The van der Waals surface area contributed by atoms with Crippen LogP contribution in [0.3, 0.4) is 0 Å². The van der Waals surface area contributed by atoms with Crippen molar-refractivity contribution < 1.29 is 18.3 Å².